The van der Waals surface area contributed by atoms with Gasteiger partial charge in [-0.15, -0.1) is 0 Å². The van der Waals surface area contributed by atoms with Gasteiger partial charge in [0.15, 0.2) is 0 Å². The number of nitro benzene ring substituents is 1. The predicted octanol–water partition coefficient (Wildman–Crippen LogP) is 0.891. The van der Waals surface area contributed by atoms with Crippen molar-refractivity contribution in [2.24, 2.45) is 0 Å². The molecule has 1 heterocycles. The minimum Gasteiger partial charge on any atom is -0.373 e. The topological polar surface area (TPSA) is 91.4 Å². The highest BCUT2D eigenvalue weighted by Gasteiger charge is 2.26. The van der Waals surface area contributed by atoms with Crippen molar-refractivity contribution in [2.75, 3.05) is 38.2 Å². The van der Waals surface area contributed by atoms with Crippen molar-refractivity contribution < 1.29 is 9.66 Å². The molecule has 2 rings (SSSR count). The number of nitro groups is 1. The molecule has 0 aromatic heterocycles. The molecule has 0 amide bonds. The molecule has 0 saturated carbocycles. The fourth-order valence-corrected chi connectivity index (χ4v) is 2.29. The Morgan fingerprint density at radius 3 is 3.10 bits per heavy atom. The number of nitrogens with one attached hydrogen (secondary N) is 1. The van der Waals surface area contributed by atoms with Crippen LogP contribution in [-0.2, 0) is 4.74 Å². The second kappa shape index (κ2) is 6.32. The molecule has 1 unspecified atom stereocenters. The van der Waals surface area contributed by atoms with E-state index in [0.29, 0.717) is 37.5 Å². The second-order valence-corrected chi connectivity index (χ2v) is 4.57. The summed E-state index contributed by atoms with van der Waals surface area (Å²) in [4.78, 5) is 12.6. The summed E-state index contributed by atoms with van der Waals surface area (Å²) >= 11 is 0. The Hall–Kier alpha value is -2.17. The molecule has 7 nitrogen and oxygen atoms in total. The van der Waals surface area contributed by atoms with Gasteiger partial charge in [0.05, 0.1) is 29.3 Å². The maximum absolute atomic E-state index is 11.1. The van der Waals surface area contributed by atoms with E-state index >= 15 is 0 Å². The highest BCUT2D eigenvalue weighted by molar-refractivity contribution is 5.66. The van der Waals surface area contributed by atoms with Crippen molar-refractivity contribution >= 4 is 11.4 Å². The first-order valence-corrected chi connectivity index (χ1v) is 6.35. The lowest BCUT2D eigenvalue weighted by atomic mass is 10.1. The lowest BCUT2D eigenvalue weighted by Gasteiger charge is -2.34. The van der Waals surface area contributed by atoms with Gasteiger partial charge < -0.3 is 15.0 Å². The van der Waals surface area contributed by atoms with Gasteiger partial charge in [0.2, 0.25) is 0 Å². The molecule has 0 radical (unpaired) electrons. The molecule has 106 valence electrons. The predicted molar refractivity (Wildman–Crippen MR) is 73.7 cm³/mol. The Morgan fingerprint density at radius 2 is 2.45 bits per heavy atom. The number of rotatable bonds is 4. The number of ether oxygens (including phenoxy) is 1. The van der Waals surface area contributed by atoms with Crippen molar-refractivity contribution in [1.29, 1.82) is 5.26 Å². The quantitative estimate of drug-likeness (QED) is 0.648. The Morgan fingerprint density at radius 1 is 1.65 bits per heavy atom. The highest BCUT2D eigenvalue weighted by Crippen LogP contribution is 2.30. The van der Waals surface area contributed by atoms with E-state index in [4.69, 9.17) is 10.00 Å². The smallest absolute Gasteiger partial charge is 0.292 e. The minimum atomic E-state index is -0.418. The lowest BCUT2D eigenvalue weighted by Crippen LogP contribution is -2.46. The van der Waals surface area contributed by atoms with Crippen LogP contribution in [0.25, 0.3) is 0 Å². The van der Waals surface area contributed by atoms with E-state index in [0.717, 1.165) is 0 Å². The number of likely N-dealkylation sites (N-methyl/N-ethyl adjacent to an activating group) is 1. The molecule has 1 aromatic rings. The van der Waals surface area contributed by atoms with Gasteiger partial charge >= 0.3 is 0 Å². The summed E-state index contributed by atoms with van der Waals surface area (Å²) in [6.45, 7) is 2.34. The Labute approximate surface area is 116 Å². The molecular weight excluding hydrogens is 260 g/mol. The summed E-state index contributed by atoms with van der Waals surface area (Å²) in [5.41, 5.74) is 0.926. The number of nitrogens with zero attached hydrogens (tertiary/aromatic N) is 3. The SMILES string of the molecule is CNCC1CN(c2cc(C#N)ccc2[N+](=O)[O-])CCO1. The van der Waals surface area contributed by atoms with Crippen LogP contribution >= 0.6 is 0 Å². The minimum absolute atomic E-state index is 0.0147. The fourth-order valence-electron chi connectivity index (χ4n) is 2.29. The Balaban J connectivity index is 2.30. The maximum atomic E-state index is 11.1. The van der Waals surface area contributed by atoms with Gasteiger partial charge in [-0.3, -0.25) is 10.1 Å². The van der Waals surface area contributed by atoms with E-state index in [-0.39, 0.29) is 11.8 Å². The number of hydrogen-bond donors (Lipinski definition) is 1. The van der Waals surface area contributed by atoms with E-state index in [2.05, 4.69) is 5.32 Å². The molecule has 0 aliphatic carbocycles. The van der Waals surface area contributed by atoms with Gasteiger partial charge in [-0.25, -0.2) is 0 Å². The monoisotopic (exact) mass is 276 g/mol. The zero-order chi connectivity index (χ0) is 14.5. The van der Waals surface area contributed by atoms with Crippen LogP contribution in [-0.4, -0.2) is 44.3 Å². The van der Waals surface area contributed by atoms with Crippen LogP contribution in [0.2, 0.25) is 0 Å². The van der Waals surface area contributed by atoms with Crippen molar-refractivity contribution in [3.05, 3.63) is 33.9 Å². The Kier molecular flexibility index (Phi) is 4.50. The van der Waals surface area contributed by atoms with Crippen LogP contribution < -0.4 is 10.2 Å². The van der Waals surface area contributed by atoms with Gasteiger partial charge in [-0.05, 0) is 19.2 Å². The first-order chi connectivity index (χ1) is 9.65. The normalized spacial score (nSPS) is 18.6. The van der Waals surface area contributed by atoms with Crippen LogP contribution in [0.5, 0.6) is 0 Å². The molecule has 1 aliphatic rings. The van der Waals surface area contributed by atoms with Gasteiger partial charge in [-0.2, -0.15) is 5.26 Å². The largest absolute Gasteiger partial charge is 0.373 e. The molecule has 1 fully saturated rings. The molecule has 1 aliphatic heterocycles. The van der Waals surface area contributed by atoms with Gasteiger partial charge in [0.1, 0.15) is 5.69 Å². The van der Waals surface area contributed by atoms with Crippen molar-refractivity contribution in [3.63, 3.8) is 0 Å². The molecule has 1 saturated heterocycles. The van der Waals surface area contributed by atoms with Crippen molar-refractivity contribution in [3.8, 4) is 6.07 Å². The van der Waals surface area contributed by atoms with E-state index < -0.39 is 4.92 Å². The number of nitriles is 1. The average Bonchev–Trinajstić information content (AvgIpc) is 2.47. The van der Waals surface area contributed by atoms with Gasteiger partial charge in [0, 0.05) is 25.7 Å². The van der Waals surface area contributed by atoms with Crippen molar-refractivity contribution in [1.82, 2.24) is 5.32 Å². The summed E-state index contributed by atoms with van der Waals surface area (Å²) in [5, 5.41) is 23.1. The maximum Gasteiger partial charge on any atom is 0.292 e. The molecule has 0 spiro atoms. The third kappa shape index (κ3) is 3.04. The molecule has 7 heteroatoms. The summed E-state index contributed by atoms with van der Waals surface area (Å²) in [7, 11) is 1.83. The first-order valence-electron chi connectivity index (χ1n) is 6.35. The van der Waals surface area contributed by atoms with Crippen LogP contribution in [0.3, 0.4) is 0 Å². The third-order valence-corrected chi connectivity index (χ3v) is 3.21. The zero-order valence-corrected chi connectivity index (χ0v) is 11.2. The van der Waals surface area contributed by atoms with Crippen molar-refractivity contribution in [2.45, 2.75) is 6.10 Å². The summed E-state index contributed by atoms with van der Waals surface area (Å²) in [5.74, 6) is 0. The van der Waals surface area contributed by atoms with Gasteiger partial charge in [0.25, 0.3) is 5.69 Å². The zero-order valence-electron chi connectivity index (χ0n) is 11.2. The van der Waals surface area contributed by atoms with Crippen LogP contribution in [0.15, 0.2) is 18.2 Å². The third-order valence-electron chi connectivity index (χ3n) is 3.21. The molecule has 20 heavy (non-hydrogen) atoms. The second-order valence-electron chi connectivity index (χ2n) is 4.57. The molecular formula is C13H16N4O3. The number of anilines is 1. The number of morpholine rings is 1. The average molecular weight is 276 g/mol. The van der Waals surface area contributed by atoms with E-state index in [9.17, 15) is 10.1 Å². The van der Waals surface area contributed by atoms with E-state index in [1.165, 1.54) is 12.1 Å². The first kappa shape index (κ1) is 14.2. The van der Waals surface area contributed by atoms with E-state index in [1.807, 2.05) is 18.0 Å². The lowest BCUT2D eigenvalue weighted by molar-refractivity contribution is -0.384. The molecule has 1 aromatic carbocycles. The standard InChI is InChI=1S/C13H16N4O3/c1-15-8-11-9-16(4-5-20-11)13-6-10(7-14)2-3-12(13)17(18)19/h2-3,6,11,15H,4-5,8-9H2,1H3. The summed E-state index contributed by atoms with van der Waals surface area (Å²) < 4.78 is 5.59. The van der Waals surface area contributed by atoms with Crippen LogP contribution in [0.1, 0.15) is 5.56 Å². The van der Waals surface area contributed by atoms with E-state index in [1.54, 1.807) is 6.07 Å². The fraction of sp³-hybridized carbons (Fsp3) is 0.462. The molecule has 1 N–H and O–H groups in total. The van der Waals surface area contributed by atoms with Crippen LogP contribution in [0, 0.1) is 21.4 Å². The molecule has 1 atom stereocenters. The Bertz CT molecular complexity index is 539. The molecule has 0 bridgehead atoms. The van der Waals surface area contributed by atoms with Gasteiger partial charge in [-0.1, -0.05) is 0 Å². The summed E-state index contributed by atoms with van der Waals surface area (Å²) in [6, 6.07) is 6.44. The number of hydrogen-bond acceptors (Lipinski definition) is 6. The summed E-state index contributed by atoms with van der Waals surface area (Å²) in [6.07, 6.45) is -0.0147. The highest BCUT2D eigenvalue weighted by atomic mass is 16.6. The number of benzene rings is 1. The van der Waals surface area contributed by atoms with Crippen LogP contribution in [0.4, 0.5) is 11.4 Å².